The normalized spacial score (nSPS) is 11.8. The van der Waals surface area contributed by atoms with Crippen molar-refractivity contribution in [1.29, 1.82) is 0 Å². The highest BCUT2D eigenvalue weighted by Gasteiger charge is 2.24. The summed E-state index contributed by atoms with van der Waals surface area (Å²) in [5.41, 5.74) is 11.7. The maximum absolute atomic E-state index is 6.90. The van der Waals surface area contributed by atoms with Gasteiger partial charge in [-0.25, -0.2) is 19.9 Å². The molecular formula is C56H33N5O2. The summed E-state index contributed by atoms with van der Waals surface area (Å²) in [4.78, 5) is 21.0. The summed E-state index contributed by atoms with van der Waals surface area (Å²) in [7, 11) is 0. The first-order chi connectivity index (χ1) is 31.2. The Morgan fingerprint density at radius 3 is 1.79 bits per heavy atom. The molecule has 0 radical (unpaired) electrons. The molecule has 9 aromatic carbocycles. The molecule has 0 spiro atoms. The van der Waals surface area contributed by atoms with E-state index in [2.05, 4.69) is 150 Å². The predicted octanol–water partition coefficient (Wildman–Crippen LogP) is 14.5. The molecule has 0 N–H and O–H groups in total. The minimum Gasteiger partial charge on any atom is -0.455 e. The fourth-order valence-electron chi connectivity index (χ4n) is 9.16. The molecule has 0 aliphatic carbocycles. The molecular weight excluding hydrogens is 775 g/mol. The quantitative estimate of drug-likeness (QED) is 0.166. The SMILES string of the molecule is c1ccc(-c2cccc(-c3nc(-c4ccc5c(c4)c4ccccc4n5-c4ccccc4)nc(-c4cc5ccccc5c5c4oc4ccc6oc(-c7ccccc7)nc6c45)n3)c2)cc1. The van der Waals surface area contributed by atoms with Gasteiger partial charge in [0.15, 0.2) is 23.1 Å². The zero-order chi connectivity index (χ0) is 41.4. The molecule has 0 aliphatic heterocycles. The molecule has 13 aromatic rings. The highest BCUT2D eigenvalue weighted by Crippen LogP contribution is 2.44. The number of hydrogen-bond donors (Lipinski definition) is 0. The number of fused-ring (bicyclic) bond motifs is 10. The molecule has 0 unspecified atom stereocenters. The second kappa shape index (κ2) is 13.9. The van der Waals surface area contributed by atoms with Gasteiger partial charge in [0.25, 0.3) is 0 Å². The molecule has 0 bridgehead atoms. The van der Waals surface area contributed by atoms with Crippen molar-refractivity contribution < 1.29 is 8.83 Å². The third-order valence-electron chi connectivity index (χ3n) is 12.1. The Kier molecular flexibility index (Phi) is 7.77. The molecule has 0 fully saturated rings. The van der Waals surface area contributed by atoms with Crippen LogP contribution in [0.4, 0.5) is 0 Å². The van der Waals surface area contributed by atoms with Crippen LogP contribution in [0.15, 0.2) is 209 Å². The summed E-state index contributed by atoms with van der Waals surface area (Å²) in [6, 6.07) is 68.7. The van der Waals surface area contributed by atoms with Crippen LogP contribution in [-0.2, 0) is 0 Å². The molecule has 0 amide bonds. The first-order valence-electron chi connectivity index (χ1n) is 21.0. The summed E-state index contributed by atoms with van der Waals surface area (Å²) in [6.45, 7) is 0. The minimum atomic E-state index is 0.503. The van der Waals surface area contributed by atoms with E-state index in [1.54, 1.807) is 0 Å². The highest BCUT2D eigenvalue weighted by molar-refractivity contribution is 6.27. The minimum absolute atomic E-state index is 0.503. The maximum Gasteiger partial charge on any atom is 0.227 e. The van der Waals surface area contributed by atoms with Crippen molar-refractivity contribution in [3.05, 3.63) is 200 Å². The second-order valence-corrected chi connectivity index (χ2v) is 15.8. The lowest BCUT2D eigenvalue weighted by molar-refractivity contribution is 0.619. The van der Waals surface area contributed by atoms with Crippen LogP contribution >= 0.6 is 0 Å². The third kappa shape index (κ3) is 5.67. The molecule has 4 heterocycles. The van der Waals surface area contributed by atoms with Gasteiger partial charge in [0.05, 0.1) is 22.0 Å². The topological polar surface area (TPSA) is 82.8 Å². The Labute approximate surface area is 360 Å². The van der Waals surface area contributed by atoms with E-state index in [9.17, 15) is 0 Å². The fourth-order valence-corrected chi connectivity index (χ4v) is 9.16. The fraction of sp³-hybridized carbons (Fsp3) is 0. The van der Waals surface area contributed by atoms with Crippen LogP contribution in [0.1, 0.15) is 0 Å². The summed E-state index contributed by atoms with van der Waals surface area (Å²) in [6.07, 6.45) is 0. The van der Waals surface area contributed by atoms with Crippen LogP contribution in [0.5, 0.6) is 0 Å². The molecule has 63 heavy (non-hydrogen) atoms. The van der Waals surface area contributed by atoms with Crippen LogP contribution in [0.25, 0.3) is 128 Å². The van der Waals surface area contributed by atoms with E-state index >= 15 is 0 Å². The van der Waals surface area contributed by atoms with Gasteiger partial charge in [-0.1, -0.05) is 127 Å². The molecule has 0 saturated carbocycles. The Hall–Kier alpha value is -8.68. The average molecular weight is 808 g/mol. The number of rotatable bonds is 6. The van der Waals surface area contributed by atoms with Crippen molar-refractivity contribution in [3.63, 3.8) is 0 Å². The zero-order valence-electron chi connectivity index (χ0n) is 33.6. The number of nitrogens with zero attached hydrogens (tertiary/aromatic N) is 5. The van der Waals surface area contributed by atoms with Gasteiger partial charge >= 0.3 is 0 Å². The van der Waals surface area contributed by atoms with Crippen molar-refractivity contribution in [1.82, 2.24) is 24.5 Å². The van der Waals surface area contributed by atoms with Crippen molar-refractivity contribution in [3.8, 4) is 62.4 Å². The molecule has 7 heteroatoms. The lowest BCUT2D eigenvalue weighted by atomic mass is 9.99. The van der Waals surface area contributed by atoms with Gasteiger partial charge in [-0.3, -0.25) is 0 Å². The van der Waals surface area contributed by atoms with Gasteiger partial charge in [-0.15, -0.1) is 0 Å². The Bertz CT molecular complexity index is 3910. The third-order valence-corrected chi connectivity index (χ3v) is 12.1. The van der Waals surface area contributed by atoms with E-state index < -0.39 is 0 Å². The average Bonchev–Trinajstić information content (AvgIpc) is 4.07. The number of furan rings is 1. The predicted molar refractivity (Wildman–Crippen MR) is 254 cm³/mol. The summed E-state index contributed by atoms with van der Waals surface area (Å²) < 4.78 is 15.6. The van der Waals surface area contributed by atoms with Crippen LogP contribution in [0, 0.1) is 0 Å². The molecule has 4 aromatic heterocycles. The Morgan fingerprint density at radius 2 is 0.984 bits per heavy atom. The number of benzene rings is 9. The Balaban J connectivity index is 1.07. The first-order valence-corrected chi connectivity index (χ1v) is 21.0. The summed E-state index contributed by atoms with van der Waals surface area (Å²) >= 11 is 0. The van der Waals surface area contributed by atoms with Crippen molar-refractivity contribution in [2.45, 2.75) is 0 Å². The van der Waals surface area contributed by atoms with Crippen LogP contribution in [-0.4, -0.2) is 24.5 Å². The van der Waals surface area contributed by atoms with E-state index in [1.807, 2.05) is 54.6 Å². The number of para-hydroxylation sites is 2. The highest BCUT2D eigenvalue weighted by atomic mass is 16.4. The number of hydrogen-bond acceptors (Lipinski definition) is 6. The first kappa shape index (κ1) is 35.1. The van der Waals surface area contributed by atoms with Crippen LogP contribution in [0.2, 0.25) is 0 Å². The second-order valence-electron chi connectivity index (χ2n) is 15.8. The lowest BCUT2D eigenvalue weighted by Gasteiger charge is -2.11. The van der Waals surface area contributed by atoms with Crippen molar-refractivity contribution >= 4 is 65.6 Å². The molecule has 0 atom stereocenters. The van der Waals surface area contributed by atoms with Crippen molar-refractivity contribution in [2.24, 2.45) is 0 Å². The smallest absolute Gasteiger partial charge is 0.227 e. The number of oxazole rings is 1. The standard InChI is InChI=1S/C56H33N5O2/c1-4-15-34(16-5-1)36-20-14-21-38(31-36)53-58-54(39-27-28-46-43(33-39)42-25-12-13-26-45(42)61(46)40-22-8-3-9-23-40)60-55(59-53)44-32-37-19-10-11-24-41(37)49-50-47(62-52(44)49)29-30-48-51(50)57-56(63-48)35-17-6-2-7-18-35/h1-33H. The van der Waals surface area contributed by atoms with Crippen LogP contribution in [0.3, 0.4) is 0 Å². The summed E-state index contributed by atoms with van der Waals surface area (Å²) in [5.74, 6) is 2.18. The molecule has 13 rings (SSSR count). The van der Waals surface area contributed by atoms with E-state index in [0.717, 1.165) is 87.9 Å². The molecule has 0 aliphatic rings. The van der Waals surface area contributed by atoms with E-state index in [1.165, 1.54) is 0 Å². The largest absolute Gasteiger partial charge is 0.455 e. The molecule has 0 saturated heterocycles. The van der Waals surface area contributed by atoms with E-state index in [-0.39, 0.29) is 0 Å². The lowest BCUT2D eigenvalue weighted by Crippen LogP contribution is -2.01. The van der Waals surface area contributed by atoms with Gasteiger partial charge in [0, 0.05) is 38.5 Å². The van der Waals surface area contributed by atoms with Gasteiger partial charge in [-0.2, -0.15) is 0 Å². The van der Waals surface area contributed by atoms with E-state index in [4.69, 9.17) is 28.8 Å². The van der Waals surface area contributed by atoms with Crippen LogP contribution < -0.4 is 0 Å². The van der Waals surface area contributed by atoms with Gasteiger partial charge in [0.2, 0.25) is 5.89 Å². The zero-order valence-corrected chi connectivity index (χ0v) is 33.6. The van der Waals surface area contributed by atoms with Gasteiger partial charge in [0.1, 0.15) is 16.7 Å². The summed E-state index contributed by atoms with van der Waals surface area (Å²) in [5, 5.41) is 6.14. The van der Waals surface area contributed by atoms with Gasteiger partial charge < -0.3 is 13.4 Å². The number of aromatic nitrogens is 5. The van der Waals surface area contributed by atoms with Crippen molar-refractivity contribution in [2.75, 3.05) is 0 Å². The van der Waals surface area contributed by atoms with Gasteiger partial charge in [-0.05, 0) is 94.7 Å². The maximum atomic E-state index is 6.90. The Morgan fingerprint density at radius 1 is 0.365 bits per heavy atom. The molecule has 7 nitrogen and oxygen atoms in total. The monoisotopic (exact) mass is 807 g/mol. The molecule has 294 valence electrons. The van der Waals surface area contributed by atoms with E-state index in [0.29, 0.717) is 40.1 Å².